The first-order chi connectivity index (χ1) is 11.0. The van der Waals surface area contributed by atoms with Crippen LogP contribution in [0.5, 0.6) is 0 Å². The monoisotopic (exact) mass is 347 g/mol. The van der Waals surface area contributed by atoms with Crippen molar-refractivity contribution in [2.75, 3.05) is 5.32 Å². The summed E-state index contributed by atoms with van der Waals surface area (Å²) in [7, 11) is 0. The highest BCUT2D eigenvalue weighted by Gasteiger charge is 2.12. The van der Waals surface area contributed by atoms with Crippen molar-refractivity contribution in [1.82, 2.24) is 19.9 Å². The van der Waals surface area contributed by atoms with Crippen molar-refractivity contribution in [3.05, 3.63) is 33.8 Å². The molecule has 3 rings (SSSR count). The minimum atomic E-state index is -0.242. The SMILES string of the molecule is Cc1nc2ccc(NC(=O)NCc3snnc3C(C)C)cc2s1. The molecule has 0 saturated carbocycles. The Morgan fingerprint density at radius 2 is 2.17 bits per heavy atom. The minimum Gasteiger partial charge on any atom is -0.333 e. The zero-order chi connectivity index (χ0) is 16.4. The summed E-state index contributed by atoms with van der Waals surface area (Å²) in [6.45, 7) is 6.53. The molecule has 0 unspecified atom stereocenters. The number of aromatic nitrogens is 3. The fourth-order valence-electron chi connectivity index (χ4n) is 2.23. The lowest BCUT2D eigenvalue weighted by Gasteiger charge is -2.08. The molecule has 120 valence electrons. The summed E-state index contributed by atoms with van der Waals surface area (Å²) >= 11 is 2.93. The average Bonchev–Trinajstić information content (AvgIpc) is 3.09. The van der Waals surface area contributed by atoms with Gasteiger partial charge in [0, 0.05) is 5.69 Å². The van der Waals surface area contributed by atoms with Crippen molar-refractivity contribution in [1.29, 1.82) is 0 Å². The molecule has 0 aliphatic heterocycles. The van der Waals surface area contributed by atoms with Crippen molar-refractivity contribution in [2.45, 2.75) is 33.2 Å². The van der Waals surface area contributed by atoms with Gasteiger partial charge in [0.05, 0.1) is 32.3 Å². The van der Waals surface area contributed by atoms with E-state index in [-0.39, 0.29) is 6.03 Å². The van der Waals surface area contributed by atoms with Crippen molar-refractivity contribution < 1.29 is 4.79 Å². The summed E-state index contributed by atoms with van der Waals surface area (Å²) in [6, 6.07) is 5.47. The predicted molar refractivity (Wildman–Crippen MR) is 94.2 cm³/mol. The molecule has 0 saturated heterocycles. The Balaban J connectivity index is 1.63. The van der Waals surface area contributed by atoms with E-state index < -0.39 is 0 Å². The third-order valence-electron chi connectivity index (χ3n) is 3.29. The molecule has 6 nitrogen and oxygen atoms in total. The number of nitrogens with zero attached hydrogens (tertiary/aromatic N) is 3. The van der Waals surface area contributed by atoms with E-state index in [0.717, 1.165) is 31.5 Å². The Hall–Kier alpha value is -2.06. The quantitative estimate of drug-likeness (QED) is 0.750. The molecule has 0 bridgehead atoms. The molecular formula is C15H17N5OS2. The highest BCUT2D eigenvalue weighted by atomic mass is 32.1. The van der Waals surface area contributed by atoms with E-state index in [0.29, 0.717) is 12.5 Å². The molecular weight excluding hydrogens is 330 g/mol. The molecule has 3 aromatic rings. The van der Waals surface area contributed by atoms with Gasteiger partial charge in [-0.1, -0.05) is 18.3 Å². The number of aryl methyl sites for hydroxylation is 1. The molecule has 2 heterocycles. The maximum Gasteiger partial charge on any atom is 0.319 e. The second-order valence-corrected chi connectivity index (χ2v) is 7.53. The van der Waals surface area contributed by atoms with Crippen LogP contribution in [0.2, 0.25) is 0 Å². The van der Waals surface area contributed by atoms with Crippen molar-refractivity contribution in [3.63, 3.8) is 0 Å². The maximum atomic E-state index is 12.1. The lowest BCUT2D eigenvalue weighted by Crippen LogP contribution is -2.28. The highest BCUT2D eigenvalue weighted by Crippen LogP contribution is 2.24. The number of anilines is 1. The zero-order valence-corrected chi connectivity index (χ0v) is 14.7. The largest absolute Gasteiger partial charge is 0.333 e. The maximum absolute atomic E-state index is 12.1. The van der Waals surface area contributed by atoms with E-state index in [4.69, 9.17) is 0 Å². The Labute approximate surface area is 142 Å². The second-order valence-electron chi connectivity index (χ2n) is 5.46. The number of fused-ring (bicyclic) bond motifs is 1. The van der Waals surface area contributed by atoms with E-state index >= 15 is 0 Å². The Bertz CT molecular complexity index is 839. The Morgan fingerprint density at radius 1 is 1.35 bits per heavy atom. The first-order valence-corrected chi connectivity index (χ1v) is 8.85. The van der Waals surface area contributed by atoms with Crippen LogP contribution < -0.4 is 10.6 Å². The van der Waals surface area contributed by atoms with E-state index in [9.17, 15) is 4.79 Å². The van der Waals surface area contributed by atoms with Crippen LogP contribution >= 0.6 is 22.9 Å². The van der Waals surface area contributed by atoms with Gasteiger partial charge in [0.25, 0.3) is 0 Å². The van der Waals surface area contributed by atoms with Crippen LogP contribution in [0.3, 0.4) is 0 Å². The van der Waals surface area contributed by atoms with Crippen molar-refractivity contribution in [3.8, 4) is 0 Å². The van der Waals surface area contributed by atoms with Crippen molar-refractivity contribution in [2.24, 2.45) is 0 Å². The third kappa shape index (κ3) is 3.65. The number of rotatable bonds is 4. The van der Waals surface area contributed by atoms with Gasteiger partial charge in [0.15, 0.2) is 0 Å². The number of thiazole rings is 1. The minimum absolute atomic E-state index is 0.242. The van der Waals surface area contributed by atoms with Gasteiger partial charge in [-0.15, -0.1) is 16.4 Å². The van der Waals surface area contributed by atoms with E-state index in [1.165, 1.54) is 11.5 Å². The molecule has 23 heavy (non-hydrogen) atoms. The summed E-state index contributed by atoms with van der Waals surface area (Å²) in [5.74, 6) is 0.297. The fourth-order valence-corrected chi connectivity index (χ4v) is 3.83. The number of hydrogen-bond acceptors (Lipinski definition) is 6. The van der Waals surface area contributed by atoms with Crippen LogP contribution in [-0.4, -0.2) is 20.6 Å². The third-order valence-corrected chi connectivity index (χ3v) is 4.97. The molecule has 0 spiro atoms. The molecule has 0 atom stereocenters. The van der Waals surface area contributed by atoms with Gasteiger partial charge in [-0.25, -0.2) is 9.78 Å². The van der Waals surface area contributed by atoms with E-state index in [1.54, 1.807) is 11.3 Å². The summed E-state index contributed by atoms with van der Waals surface area (Å²) in [4.78, 5) is 17.5. The van der Waals surface area contributed by atoms with Crippen LogP contribution in [0.15, 0.2) is 18.2 Å². The van der Waals surface area contributed by atoms with Crippen LogP contribution in [0, 0.1) is 6.92 Å². The summed E-state index contributed by atoms with van der Waals surface area (Å²) in [5.41, 5.74) is 2.65. The van der Waals surface area contributed by atoms with Crippen LogP contribution in [-0.2, 0) is 6.54 Å². The molecule has 0 radical (unpaired) electrons. The summed E-state index contributed by atoms with van der Waals surface area (Å²) in [6.07, 6.45) is 0. The standard InChI is InChI=1S/C15H17N5OS2/c1-8(2)14-13(23-20-19-14)7-16-15(21)18-10-4-5-11-12(6-10)22-9(3)17-11/h4-6,8H,7H2,1-3H3,(H2,16,18,21). The Kier molecular flexibility index (Phi) is 4.53. The molecule has 2 aromatic heterocycles. The first kappa shape index (κ1) is 15.8. The molecule has 2 N–H and O–H groups in total. The average molecular weight is 347 g/mol. The Morgan fingerprint density at radius 3 is 2.96 bits per heavy atom. The number of amides is 2. The van der Waals surface area contributed by atoms with Crippen LogP contribution in [0.25, 0.3) is 10.2 Å². The number of carbonyl (C=O) groups is 1. The van der Waals surface area contributed by atoms with Gasteiger partial charge in [-0.05, 0) is 42.6 Å². The number of nitrogens with one attached hydrogen (secondary N) is 2. The number of urea groups is 1. The first-order valence-electron chi connectivity index (χ1n) is 7.26. The predicted octanol–water partition coefficient (Wildman–Crippen LogP) is 3.90. The molecule has 0 fully saturated rings. The van der Waals surface area contributed by atoms with E-state index in [2.05, 4.69) is 39.1 Å². The van der Waals surface area contributed by atoms with Gasteiger partial charge < -0.3 is 10.6 Å². The zero-order valence-electron chi connectivity index (χ0n) is 13.1. The smallest absolute Gasteiger partial charge is 0.319 e. The lowest BCUT2D eigenvalue weighted by atomic mass is 10.1. The summed E-state index contributed by atoms with van der Waals surface area (Å²) in [5, 5.41) is 10.8. The molecule has 0 aliphatic rings. The number of hydrogen-bond donors (Lipinski definition) is 2. The van der Waals surface area contributed by atoms with Gasteiger partial charge in [0.2, 0.25) is 0 Å². The normalized spacial score (nSPS) is 11.1. The highest BCUT2D eigenvalue weighted by molar-refractivity contribution is 7.18. The lowest BCUT2D eigenvalue weighted by molar-refractivity contribution is 0.252. The molecule has 8 heteroatoms. The van der Waals surface area contributed by atoms with E-state index in [1.807, 2.05) is 25.1 Å². The number of carbonyl (C=O) groups excluding carboxylic acids is 1. The topological polar surface area (TPSA) is 79.8 Å². The summed E-state index contributed by atoms with van der Waals surface area (Å²) < 4.78 is 5.02. The van der Waals surface area contributed by atoms with Gasteiger partial charge in [0.1, 0.15) is 0 Å². The molecule has 2 amide bonds. The van der Waals surface area contributed by atoms with Crippen LogP contribution in [0.1, 0.15) is 35.3 Å². The van der Waals surface area contributed by atoms with Gasteiger partial charge >= 0.3 is 6.03 Å². The molecule has 1 aromatic carbocycles. The second kappa shape index (κ2) is 6.59. The van der Waals surface area contributed by atoms with Gasteiger partial charge in [-0.3, -0.25) is 0 Å². The number of benzene rings is 1. The molecule has 0 aliphatic carbocycles. The fraction of sp³-hybridized carbons (Fsp3) is 0.333. The van der Waals surface area contributed by atoms with Crippen LogP contribution in [0.4, 0.5) is 10.5 Å². The van der Waals surface area contributed by atoms with Crippen molar-refractivity contribution >= 4 is 44.8 Å². The van der Waals surface area contributed by atoms with Gasteiger partial charge in [-0.2, -0.15) is 0 Å².